The first-order valence-electron chi connectivity index (χ1n) is 4.30. The summed E-state index contributed by atoms with van der Waals surface area (Å²) >= 11 is 3.04. The number of rotatable bonds is 4. The summed E-state index contributed by atoms with van der Waals surface area (Å²) in [5, 5.41) is 24.9. The number of nitrogens with one attached hydrogen (secondary N) is 1. The van der Waals surface area contributed by atoms with Crippen LogP contribution in [0.25, 0.3) is 0 Å². The lowest BCUT2D eigenvalue weighted by atomic mass is 10.2. The van der Waals surface area contributed by atoms with Gasteiger partial charge in [-0.3, -0.25) is 25.7 Å². The Kier molecular flexibility index (Phi) is 4.10. The average Bonchev–Trinajstić information content (AvgIpc) is 2.25. The number of hydrogen-bond donors (Lipinski definition) is 1. The van der Waals surface area contributed by atoms with E-state index in [-0.39, 0.29) is 11.4 Å². The molecule has 0 atom stereocenters. The lowest BCUT2D eigenvalue weighted by Crippen LogP contribution is -1.99. The highest BCUT2D eigenvalue weighted by molar-refractivity contribution is 9.18. The van der Waals surface area contributed by atoms with Crippen LogP contribution in [-0.4, -0.2) is 14.5 Å². The number of anilines is 1. The molecule has 17 heavy (non-hydrogen) atoms. The topological polar surface area (TPSA) is 111 Å². The first kappa shape index (κ1) is 13.0. The highest BCUT2D eigenvalue weighted by Crippen LogP contribution is 2.28. The molecule has 0 saturated heterocycles. The van der Waals surface area contributed by atoms with Crippen LogP contribution in [0.2, 0.25) is 0 Å². The average molecular weight is 303 g/mol. The fourth-order valence-corrected chi connectivity index (χ4v) is 1.11. The third kappa shape index (κ3) is 3.48. The molecule has 1 aromatic rings. The zero-order chi connectivity index (χ0) is 13.0. The lowest BCUT2D eigenvalue weighted by Gasteiger charge is -2.01. The SMILES string of the molecule is CC(Br)=NNc1ccc([N+](=O)[O-])cc1[N+](=O)[O-]. The van der Waals surface area contributed by atoms with Crippen molar-refractivity contribution in [3.8, 4) is 0 Å². The predicted octanol–water partition coefficient (Wildman–Crippen LogP) is 2.64. The number of nitro benzene ring substituents is 2. The van der Waals surface area contributed by atoms with Gasteiger partial charge >= 0.3 is 5.69 Å². The van der Waals surface area contributed by atoms with Gasteiger partial charge in [0.05, 0.1) is 15.9 Å². The second-order valence-electron chi connectivity index (χ2n) is 2.94. The molecule has 0 spiro atoms. The van der Waals surface area contributed by atoms with Crippen molar-refractivity contribution in [2.45, 2.75) is 6.92 Å². The van der Waals surface area contributed by atoms with Crippen molar-refractivity contribution in [2.24, 2.45) is 5.10 Å². The largest absolute Gasteiger partial charge is 0.301 e. The zero-order valence-corrected chi connectivity index (χ0v) is 10.2. The monoisotopic (exact) mass is 302 g/mol. The summed E-state index contributed by atoms with van der Waals surface area (Å²) in [6.45, 7) is 1.63. The molecule has 0 aliphatic carbocycles. The molecular formula is C8H7BrN4O4. The van der Waals surface area contributed by atoms with Crippen molar-refractivity contribution in [3.05, 3.63) is 38.4 Å². The highest BCUT2D eigenvalue weighted by atomic mass is 79.9. The second-order valence-corrected chi connectivity index (χ2v) is 4.08. The Hall–Kier alpha value is -2.03. The standard InChI is InChI=1S/C8H7BrN4O4/c1-5(9)10-11-7-3-2-6(12(14)15)4-8(7)13(16)17/h2-4,11H,1H3. The van der Waals surface area contributed by atoms with Crippen LogP contribution in [0.5, 0.6) is 0 Å². The Morgan fingerprint density at radius 3 is 2.47 bits per heavy atom. The minimum atomic E-state index is -0.714. The number of benzene rings is 1. The second kappa shape index (κ2) is 5.34. The molecule has 0 radical (unpaired) electrons. The van der Waals surface area contributed by atoms with Crippen LogP contribution in [-0.2, 0) is 0 Å². The van der Waals surface area contributed by atoms with Crippen molar-refractivity contribution in [2.75, 3.05) is 5.43 Å². The zero-order valence-electron chi connectivity index (χ0n) is 8.58. The maximum Gasteiger partial charge on any atom is 0.301 e. The van der Waals surface area contributed by atoms with Gasteiger partial charge in [-0.15, -0.1) is 0 Å². The minimum absolute atomic E-state index is 0.0828. The van der Waals surface area contributed by atoms with Gasteiger partial charge in [0.2, 0.25) is 0 Å². The predicted molar refractivity (Wildman–Crippen MR) is 65.4 cm³/mol. The molecule has 90 valence electrons. The lowest BCUT2D eigenvalue weighted by molar-refractivity contribution is -0.393. The van der Waals surface area contributed by atoms with Gasteiger partial charge in [0.15, 0.2) is 0 Å². The Labute approximate surface area is 104 Å². The molecule has 1 N–H and O–H groups in total. The van der Waals surface area contributed by atoms with E-state index >= 15 is 0 Å². The van der Waals surface area contributed by atoms with E-state index in [1.807, 2.05) is 0 Å². The van der Waals surface area contributed by atoms with Crippen molar-refractivity contribution < 1.29 is 9.85 Å². The first-order valence-corrected chi connectivity index (χ1v) is 5.09. The summed E-state index contributed by atoms with van der Waals surface area (Å²) in [5.74, 6) is 0. The van der Waals surface area contributed by atoms with Crippen molar-refractivity contribution >= 4 is 37.6 Å². The normalized spacial score (nSPS) is 11.1. The summed E-state index contributed by atoms with van der Waals surface area (Å²) in [6.07, 6.45) is 0. The van der Waals surface area contributed by atoms with E-state index in [0.29, 0.717) is 4.62 Å². The number of nitro groups is 2. The molecule has 0 unspecified atom stereocenters. The highest BCUT2D eigenvalue weighted by Gasteiger charge is 2.19. The summed E-state index contributed by atoms with van der Waals surface area (Å²) in [7, 11) is 0. The van der Waals surface area contributed by atoms with Crippen LogP contribution < -0.4 is 5.43 Å². The van der Waals surface area contributed by atoms with Crippen LogP contribution in [0.1, 0.15) is 6.92 Å². The molecule has 0 saturated carbocycles. The summed E-state index contributed by atoms with van der Waals surface area (Å²) in [5.41, 5.74) is 1.77. The number of hydrazone groups is 1. The summed E-state index contributed by atoms with van der Waals surface area (Å²) < 4.78 is 0.491. The molecule has 0 fully saturated rings. The molecule has 0 heterocycles. The molecule has 8 nitrogen and oxygen atoms in total. The van der Waals surface area contributed by atoms with E-state index < -0.39 is 15.5 Å². The number of halogens is 1. The van der Waals surface area contributed by atoms with E-state index in [1.54, 1.807) is 6.92 Å². The molecule has 1 rings (SSSR count). The van der Waals surface area contributed by atoms with Crippen LogP contribution in [0.3, 0.4) is 0 Å². The molecule has 1 aromatic carbocycles. The maximum atomic E-state index is 10.7. The molecular weight excluding hydrogens is 296 g/mol. The Balaban J connectivity index is 3.18. The van der Waals surface area contributed by atoms with Crippen molar-refractivity contribution in [1.82, 2.24) is 0 Å². The van der Waals surface area contributed by atoms with Gasteiger partial charge in [0.1, 0.15) is 10.3 Å². The molecule has 0 aliphatic heterocycles. The van der Waals surface area contributed by atoms with E-state index in [9.17, 15) is 20.2 Å². The summed E-state index contributed by atoms with van der Waals surface area (Å²) in [6, 6.07) is 3.27. The van der Waals surface area contributed by atoms with Crippen molar-refractivity contribution in [1.29, 1.82) is 0 Å². The van der Waals surface area contributed by atoms with Gasteiger partial charge in [0.25, 0.3) is 5.69 Å². The van der Waals surface area contributed by atoms with Gasteiger partial charge < -0.3 is 0 Å². The molecule has 0 aromatic heterocycles. The Morgan fingerprint density at radius 1 is 1.35 bits per heavy atom. The van der Waals surface area contributed by atoms with E-state index in [2.05, 4.69) is 26.5 Å². The van der Waals surface area contributed by atoms with Gasteiger partial charge in [-0.1, -0.05) is 0 Å². The maximum absolute atomic E-state index is 10.7. The third-order valence-corrected chi connectivity index (χ3v) is 1.90. The van der Waals surface area contributed by atoms with Crippen molar-refractivity contribution in [3.63, 3.8) is 0 Å². The molecule has 0 bridgehead atoms. The van der Waals surface area contributed by atoms with Gasteiger partial charge in [-0.25, -0.2) is 0 Å². The van der Waals surface area contributed by atoms with Gasteiger partial charge in [-0.2, -0.15) is 5.10 Å². The number of non-ortho nitro benzene ring substituents is 1. The molecule has 0 aliphatic rings. The Morgan fingerprint density at radius 2 is 2.00 bits per heavy atom. The van der Waals surface area contributed by atoms with Crippen LogP contribution in [0, 0.1) is 20.2 Å². The summed E-state index contributed by atoms with van der Waals surface area (Å²) in [4.78, 5) is 19.8. The quantitative estimate of drug-likeness (QED) is 0.522. The van der Waals surface area contributed by atoms with Crippen LogP contribution in [0.4, 0.5) is 17.1 Å². The fraction of sp³-hybridized carbons (Fsp3) is 0.125. The fourth-order valence-electron chi connectivity index (χ4n) is 1.02. The number of hydrogen-bond acceptors (Lipinski definition) is 6. The minimum Gasteiger partial charge on any atom is -0.271 e. The smallest absolute Gasteiger partial charge is 0.271 e. The number of nitrogens with zero attached hydrogens (tertiary/aromatic N) is 3. The molecule has 0 amide bonds. The third-order valence-electron chi connectivity index (χ3n) is 1.72. The van der Waals surface area contributed by atoms with Crippen LogP contribution in [0.15, 0.2) is 23.3 Å². The van der Waals surface area contributed by atoms with Gasteiger partial charge in [-0.05, 0) is 28.9 Å². The van der Waals surface area contributed by atoms with E-state index in [4.69, 9.17) is 0 Å². The first-order chi connectivity index (χ1) is 7.91. The Bertz CT molecular complexity index is 498. The molecule has 9 heteroatoms. The van der Waals surface area contributed by atoms with E-state index in [1.165, 1.54) is 6.07 Å². The van der Waals surface area contributed by atoms with Gasteiger partial charge in [0, 0.05) is 6.07 Å². The van der Waals surface area contributed by atoms with E-state index in [0.717, 1.165) is 12.1 Å². The van der Waals surface area contributed by atoms with Crippen LogP contribution >= 0.6 is 15.9 Å².